The molecule has 1 unspecified atom stereocenters. The molecule has 0 fully saturated rings. The second kappa shape index (κ2) is 7.32. The Morgan fingerprint density at radius 1 is 1.10 bits per heavy atom. The van der Waals surface area contributed by atoms with Gasteiger partial charge in [0.25, 0.3) is 0 Å². The highest BCUT2D eigenvalue weighted by atomic mass is 35.5. The predicted molar refractivity (Wildman–Crippen MR) is 89.2 cm³/mol. The third-order valence-electron chi connectivity index (χ3n) is 3.60. The molecule has 0 aliphatic carbocycles. The van der Waals surface area contributed by atoms with Gasteiger partial charge in [0.15, 0.2) is 0 Å². The van der Waals surface area contributed by atoms with Crippen molar-refractivity contribution in [3.8, 4) is 0 Å². The van der Waals surface area contributed by atoms with Gasteiger partial charge in [-0.05, 0) is 44.2 Å². The molecule has 0 saturated heterocycles. The van der Waals surface area contributed by atoms with Crippen molar-refractivity contribution in [1.82, 2.24) is 4.90 Å². The number of aryl methyl sites for hydroxylation is 1. The number of nitrogens with zero attached hydrogens (tertiary/aromatic N) is 1. The first kappa shape index (κ1) is 16.5. The standard InChI is InChI=1S/C17H22N2.ClH/c1-13-7-9-16(10-8-13)14(2)19(3)12-15-5-4-6-17(18)11-15;/h4-11,14H,12,18H2,1-3H3;1H. The summed E-state index contributed by atoms with van der Waals surface area (Å²) < 4.78 is 0. The topological polar surface area (TPSA) is 29.3 Å². The summed E-state index contributed by atoms with van der Waals surface area (Å²) in [5, 5.41) is 0. The molecule has 0 radical (unpaired) electrons. The number of hydrogen-bond donors (Lipinski definition) is 1. The van der Waals surface area contributed by atoms with Gasteiger partial charge in [0.05, 0.1) is 0 Å². The van der Waals surface area contributed by atoms with Gasteiger partial charge in [-0.1, -0.05) is 42.0 Å². The summed E-state index contributed by atoms with van der Waals surface area (Å²) in [7, 11) is 2.15. The molecule has 2 aromatic rings. The van der Waals surface area contributed by atoms with Gasteiger partial charge in [-0.15, -0.1) is 12.4 Å². The highest BCUT2D eigenvalue weighted by molar-refractivity contribution is 5.85. The Kier molecular flexibility index (Phi) is 6.05. The Hall–Kier alpha value is -1.51. The van der Waals surface area contributed by atoms with Crippen LogP contribution >= 0.6 is 12.4 Å². The van der Waals surface area contributed by atoms with Gasteiger partial charge in [-0.2, -0.15) is 0 Å². The lowest BCUT2D eigenvalue weighted by Gasteiger charge is -2.25. The molecule has 0 heterocycles. The van der Waals surface area contributed by atoms with Crippen molar-refractivity contribution in [2.24, 2.45) is 0 Å². The van der Waals surface area contributed by atoms with Gasteiger partial charge in [0, 0.05) is 18.3 Å². The summed E-state index contributed by atoms with van der Waals surface area (Å²) in [6.07, 6.45) is 0. The van der Waals surface area contributed by atoms with Gasteiger partial charge < -0.3 is 5.73 Å². The average Bonchev–Trinajstić information content (AvgIpc) is 2.39. The SMILES string of the molecule is Cc1ccc(C(C)N(C)Cc2cccc(N)c2)cc1.Cl. The van der Waals surface area contributed by atoms with E-state index in [1.54, 1.807) is 0 Å². The van der Waals surface area contributed by atoms with Gasteiger partial charge in [-0.3, -0.25) is 4.90 Å². The average molecular weight is 291 g/mol. The van der Waals surface area contributed by atoms with E-state index in [4.69, 9.17) is 5.73 Å². The third kappa shape index (κ3) is 4.26. The Labute approximate surface area is 128 Å². The van der Waals surface area contributed by atoms with Crippen LogP contribution in [-0.2, 0) is 6.54 Å². The fourth-order valence-corrected chi connectivity index (χ4v) is 2.22. The molecule has 0 amide bonds. The molecular weight excluding hydrogens is 268 g/mol. The Bertz CT molecular complexity index is 537. The molecule has 0 spiro atoms. The van der Waals surface area contributed by atoms with Crippen molar-refractivity contribution in [2.75, 3.05) is 12.8 Å². The second-order valence-corrected chi connectivity index (χ2v) is 5.25. The third-order valence-corrected chi connectivity index (χ3v) is 3.60. The van der Waals surface area contributed by atoms with Crippen LogP contribution in [0.4, 0.5) is 5.69 Å². The van der Waals surface area contributed by atoms with Gasteiger partial charge in [0.1, 0.15) is 0 Å². The predicted octanol–water partition coefficient (Wildman–Crippen LogP) is 4.19. The number of hydrogen-bond acceptors (Lipinski definition) is 2. The van der Waals surface area contributed by atoms with Crippen molar-refractivity contribution < 1.29 is 0 Å². The Morgan fingerprint density at radius 3 is 2.35 bits per heavy atom. The van der Waals surface area contributed by atoms with Crippen LogP contribution in [0, 0.1) is 6.92 Å². The lowest BCUT2D eigenvalue weighted by molar-refractivity contribution is 0.253. The van der Waals surface area contributed by atoms with Crippen LogP contribution in [0.2, 0.25) is 0 Å². The molecule has 0 aromatic heterocycles. The summed E-state index contributed by atoms with van der Waals surface area (Å²) in [6.45, 7) is 5.25. The van der Waals surface area contributed by atoms with Crippen LogP contribution in [0.3, 0.4) is 0 Å². The van der Waals surface area contributed by atoms with Crippen molar-refractivity contribution >= 4 is 18.1 Å². The first-order valence-corrected chi connectivity index (χ1v) is 6.67. The molecule has 2 nitrogen and oxygen atoms in total. The number of rotatable bonds is 4. The minimum Gasteiger partial charge on any atom is -0.399 e. The normalized spacial score (nSPS) is 12.0. The van der Waals surface area contributed by atoms with Gasteiger partial charge in [0.2, 0.25) is 0 Å². The zero-order valence-electron chi connectivity index (χ0n) is 12.3. The monoisotopic (exact) mass is 290 g/mol. The highest BCUT2D eigenvalue weighted by Gasteiger charge is 2.11. The number of halogens is 1. The number of anilines is 1. The van der Waals surface area contributed by atoms with E-state index in [1.807, 2.05) is 18.2 Å². The maximum Gasteiger partial charge on any atom is 0.0320 e. The number of benzene rings is 2. The molecule has 1 atom stereocenters. The molecule has 2 N–H and O–H groups in total. The summed E-state index contributed by atoms with van der Waals surface area (Å²) in [5.41, 5.74) is 10.5. The van der Waals surface area contributed by atoms with Crippen molar-refractivity contribution in [1.29, 1.82) is 0 Å². The van der Waals surface area contributed by atoms with Crippen molar-refractivity contribution in [3.63, 3.8) is 0 Å². The fraction of sp³-hybridized carbons (Fsp3) is 0.294. The van der Waals surface area contributed by atoms with Crippen LogP contribution in [0.15, 0.2) is 48.5 Å². The number of nitrogen functional groups attached to an aromatic ring is 1. The zero-order chi connectivity index (χ0) is 13.8. The minimum absolute atomic E-state index is 0. The van der Waals surface area contributed by atoms with E-state index in [-0.39, 0.29) is 12.4 Å². The fourth-order valence-electron chi connectivity index (χ4n) is 2.22. The molecule has 3 heteroatoms. The highest BCUT2D eigenvalue weighted by Crippen LogP contribution is 2.21. The Morgan fingerprint density at radius 2 is 1.75 bits per heavy atom. The molecule has 2 rings (SSSR count). The van der Waals surface area contributed by atoms with E-state index in [9.17, 15) is 0 Å². The largest absolute Gasteiger partial charge is 0.399 e. The summed E-state index contributed by atoms with van der Waals surface area (Å²) in [5.74, 6) is 0. The van der Waals surface area contributed by atoms with E-state index in [1.165, 1.54) is 16.7 Å². The van der Waals surface area contributed by atoms with Crippen molar-refractivity contribution in [2.45, 2.75) is 26.4 Å². The van der Waals surface area contributed by atoms with Crippen molar-refractivity contribution in [3.05, 3.63) is 65.2 Å². The van der Waals surface area contributed by atoms with E-state index in [0.29, 0.717) is 6.04 Å². The maximum absolute atomic E-state index is 5.82. The zero-order valence-corrected chi connectivity index (χ0v) is 13.2. The lowest BCUT2D eigenvalue weighted by Crippen LogP contribution is -2.21. The molecule has 2 aromatic carbocycles. The van der Waals surface area contributed by atoms with E-state index in [0.717, 1.165) is 12.2 Å². The summed E-state index contributed by atoms with van der Waals surface area (Å²) in [6, 6.07) is 17.2. The molecule has 0 aliphatic rings. The van der Waals surface area contributed by atoms with E-state index in [2.05, 4.69) is 56.1 Å². The molecule has 20 heavy (non-hydrogen) atoms. The smallest absolute Gasteiger partial charge is 0.0320 e. The van der Waals surface area contributed by atoms with Crippen LogP contribution in [0.5, 0.6) is 0 Å². The maximum atomic E-state index is 5.82. The minimum atomic E-state index is 0. The van der Waals surface area contributed by atoms with Crippen LogP contribution < -0.4 is 5.73 Å². The number of nitrogens with two attached hydrogens (primary N) is 1. The molecular formula is C17H23ClN2. The van der Waals surface area contributed by atoms with Crippen LogP contribution in [0.1, 0.15) is 29.7 Å². The summed E-state index contributed by atoms with van der Waals surface area (Å²) in [4.78, 5) is 2.33. The quantitative estimate of drug-likeness (QED) is 0.856. The van der Waals surface area contributed by atoms with Crippen LogP contribution in [0.25, 0.3) is 0 Å². The molecule has 108 valence electrons. The molecule has 0 aliphatic heterocycles. The first-order chi connectivity index (χ1) is 9.06. The Balaban J connectivity index is 0.00000200. The van der Waals surface area contributed by atoms with Crippen LogP contribution in [-0.4, -0.2) is 11.9 Å². The molecule has 0 bridgehead atoms. The van der Waals surface area contributed by atoms with E-state index >= 15 is 0 Å². The van der Waals surface area contributed by atoms with E-state index < -0.39 is 0 Å². The van der Waals surface area contributed by atoms with Gasteiger partial charge in [-0.25, -0.2) is 0 Å². The molecule has 0 saturated carbocycles. The lowest BCUT2D eigenvalue weighted by atomic mass is 10.0. The second-order valence-electron chi connectivity index (χ2n) is 5.25. The first-order valence-electron chi connectivity index (χ1n) is 6.67. The summed E-state index contributed by atoms with van der Waals surface area (Å²) >= 11 is 0. The van der Waals surface area contributed by atoms with Gasteiger partial charge >= 0.3 is 0 Å².